The molecule has 0 radical (unpaired) electrons. The minimum atomic E-state index is -0.750. The molecular weight excluding hydrogens is 402 g/mol. The molecule has 0 aliphatic carbocycles. The number of nitrogens with zero attached hydrogens (tertiary/aromatic N) is 1. The van der Waals surface area contributed by atoms with E-state index in [0.29, 0.717) is 17.2 Å². The number of benzene rings is 2. The molecule has 0 saturated carbocycles. The predicted molar refractivity (Wildman–Crippen MR) is 115 cm³/mol. The summed E-state index contributed by atoms with van der Waals surface area (Å²) in [5.41, 5.74) is 0.872. The van der Waals surface area contributed by atoms with Crippen molar-refractivity contribution in [2.24, 2.45) is 0 Å². The van der Waals surface area contributed by atoms with Crippen molar-refractivity contribution in [1.82, 2.24) is 0 Å². The number of thiophene rings is 1. The molecule has 152 valence electrons. The van der Waals surface area contributed by atoms with Crippen LogP contribution in [-0.4, -0.2) is 31.0 Å². The average molecular weight is 421 g/mol. The first kappa shape index (κ1) is 19.7. The maximum Gasteiger partial charge on any atom is 0.300 e. The summed E-state index contributed by atoms with van der Waals surface area (Å²) in [4.78, 5) is 28.3. The topological polar surface area (TPSA) is 76.1 Å². The van der Waals surface area contributed by atoms with E-state index in [0.717, 1.165) is 4.88 Å². The van der Waals surface area contributed by atoms with E-state index in [1.54, 1.807) is 42.5 Å². The number of hydrogen-bond donors (Lipinski definition) is 1. The van der Waals surface area contributed by atoms with Gasteiger partial charge in [0.2, 0.25) is 0 Å². The Labute approximate surface area is 177 Å². The Morgan fingerprint density at radius 3 is 2.40 bits per heavy atom. The fourth-order valence-corrected chi connectivity index (χ4v) is 4.37. The number of aliphatic hydroxyl groups is 1. The molecule has 0 spiro atoms. The summed E-state index contributed by atoms with van der Waals surface area (Å²) < 4.78 is 10.6. The number of para-hydroxylation sites is 1. The van der Waals surface area contributed by atoms with Gasteiger partial charge in [-0.05, 0) is 41.8 Å². The number of Topliss-reactive ketones (excluding diaryl/α,β-unsaturated/α-hetero) is 1. The highest BCUT2D eigenvalue weighted by atomic mass is 32.1. The third-order valence-electron chi connectivity index (χ3n) is 4.95. The Morgan fingerprint density at radius 2 is 1.77 bits per heavy atom. The summed E-state index contributed by atoms with van der Waals surface area (Å²) in [6.45, 7) is 0. The lowest BCUT2D eigenvalue weighted by atomic mass is 9.99. The summed E-state index contributed by atoms with van der Waals surface area (Å²) in [7, 11) is 2.98. The summed E-state index contributed by atoms with van der Waals surface area (Å²) in [6.07, 6.45) is 0. The van der Waals surface area contributed by atoms with E-state index in [2.05, 4.69) is 0 Å². The summed E-state index contributed by atoms with van der Waals surface area (Å²) in [5, 5.41) is 13.1. The lowest BCUT2D eigenvalue weighted by Crippen LogP contribution is -2.29. The fraction of sp³-hybridized carbons (Fsp3) is 0.130. The molecule has 4 rings (SSSR count). The Hall–Kier alpha value is -3.58. The van der Waals surface area contributed by atoms with Crippen LogP contribution in [0.1, 0.15) is 16.5 Å². The van der Waals surface area contributed by atoms with Crippen LogP contribution in [0.15, 0.2) is 71.6 Å². The number of anilines is 1. The fourth-order valence-electron chi connectivity index (χ4n) is 3.55. The van der Waals surface area contributed by atoms with Gasteiger partial charge in [-0.15, -0.1) is 11.3 Å². The van der Waals surface area contributed by atoms with Crippen molar-refractivity contribution >= 4 is 34.5 Å². The van der Waals surface area contributed by atoms with Crippen molar-refractivity contribution in [2.75, 3.05) is 19.1 Å². The van der Waals surface area contributed by atoms with Crippen LogP contribution in [0.3, 0.4) is 0 Å². The number of hydrogen-bond acceptors (Lipinski definition) is 6. The number of carbonyl (C=O) groups excluding carboxylic acids is 2. The molecular formula is C23H19NO5S. The molecule has 30 heavy (non-hydrogen) atoms. The molecule has 1 aliphatic heterocycles. The van der Waals surface area contributed by atoms with Gasteiger partial charge >= 0.3 is 0 Å². The van der Waals surface area contributed by atoms with Crippen molar-refractivity contribution in [3.05, 3.63) is 82.1 Å². The Kier molecular flexibility index (Phi) is 5.29. The second-order valence-corrected chi connectivity index (χ2v) is 7.57. The summed E-state index contributed by atoms with van der Waals surface area (Å²) in [5.74, 6) is -0.893. The van der Waals surface area contributed by atoms with Gasteiger partial charge < -0.3 is 14.6 Å². The van der Waals surface area contributed by atoms with Crippen molar-refractivity contribution in [2.45, 2.75) is 6.04 Å². The predicted octanol–water partition coefficient (Wildman–Crippen LogP) is 4.39. The zero-order chi connectivity index (χ0) is 21.3. The standard InChI is InChI=1S/C23H19NO5S/c1-28-15-10-11-17(29-2)16(13-15)21(25)19-20(18-9-6-12-30-18)24(23(27)22(19)26)14-7-4-3-5-8-14/h3-13,20,25H,1-2H3/b21-19-. The lowest BCUT2D eigenvalue weighted by molar-refractivity contribution is -0.132. The van der Waals surface area contributed by atoms with Crippen LogP contribution in [0.2, 0.25) is 0 Å². The van der Waals surface area contributed by atoms with Gasteiger partial charge in [-0.25, -0.2) is 0 Å². The second-order valence-electron chi connectivity index (χ2n) is 6.59. The summed E-state index contributed by atoms with van der Waals surface area (Å²) >= 11 is 1.41. The molecule has 1 aromatic heterocycles. The largest absolute Gasteiger partial charge is 0.507 e. The van der Waals surface area contributed by atoms with Crippen LogP contribution in [0.4, 0.5) is 5.69 Å². The lowest BCUT2D eigenvalue weighted by Gasteiger charge is -2.24. The second kappa shape index (κ2) is 8.04. The van der Waals surface area contributed by atoms with Crippen LogP contribution < -0.4 is 14.4 Å². The number of ketones is 1. The first-order valence-electron chi connectivity index (χ1n) is 9.18. The third-order valence-corrected chi connectivity index (χ3v) is 5.88. The van der Waals surface area contributed by atoms with Gasteiger partial charge in [0.15, 0.2) is 0 Å². The highest BCUT2D eigenvalue weighted by Crippen LogP contribution is 2.44. The maximum absolute atomic E-state index is 13.1. The van der Waals surface area contributed by atoms with Gasteiger partial charge in [0.1, 0.15) is 23.3 Å². The monoisotopic (exact) mass is 421 g/mol. The molecule has 1 atom stereocenters. The van der Waals surface area contributed by atoms with Crippen LogP contribution >= 0.6 is 11.3 Å². The van der Waals surface area contributed by atoms with E-state index in [9.17, 15) is 14.7 Å². The van der Waals surface area contributed by atoms with Gasteiger partial charge in [0, 0.05) is 10.6 Å². The van der Waals surface area contributed by atoms with Gasteiger partial charge in [-0.2, -0.15) is 0 Å². The Bertz CT molecular complexity index is 1120. The molecule has 1 N–H and O–H groups in total. The number of rotatable bonds is 5. The van der Waals surface area contributed by atoms with E-state index in [1.807, 2.05) is 23.6 Å². The first-order chi connectivity index (χ1) is 14.6. The number of methoxy groups -OCH3 is 2. The molecule has 2 aromatic carbocycles. The minimum Gasteiger partial charge on any atom is -0.507 e. The smallest absolute Gasteiger partial charge is 0.300 e. The number of ether oxygens (including phenoxy) is 2. The van der Waals surface area contributed by atoms with Crippen LogP contribution in [0.5, 0.6) is 11.5 Å². The zero-order valence-electron chi connectivity index (χ0n) is 16.4. The van der Waals surface area contributed by atoms with Crippen molar-refractivity contribution < 1.29 is 24.2 Å². The third kappa shape index (κ3) is 3.23. The molecule has 6 nitrogen and oxygen atoms in total. The average Bonchev–Trinajstić information content (AvgIpc) is 3.40. The minimum absolute atomic E-state index is 0.0119. The molecule has 1 amide bonds. The quantitative estimate of drug-likeness (QED) is 0.376. The van der Waals surface area contributed by atoms with E-state index in [1.165, 1.54) is 30.5 Å². The van der Waals surface area contributed by atoms with Crippen LogP contribution in [0.25, 0.3) is 5.76 Å². The van der Waals surface area contributed by atoms with E-state index in [-0.39, 0.29) is 16.9 Å². The van der Waals surface area contributed by atoms with E-state index >= 15 is 0 Å². The van der Waals surface area contributed by atoms with E-state index in [4.69, 9.17) is 9.47 Å². The molecule has 1 fully saturated rings. The molecule has 1 saturated heterocycles. The van der Waals surface area contributed by atoms with E-state index < -0.39 is 17.7 Å². The van der Waals surface area contributed by atoms with Crippen molar-refractivity contribution in [1.29, 1.82) is 0 Å². The molecule has 7 heteroatoms. The number of amides is 1. The molecule has 0 bridgehead atoms. The van der Waals surface area contributed by atoms with Gasteiger partial charge in [0.25, 0.3) is 11.7 Å². The Morgan fingerprint density at radius 1 is 1.00 bits per heavy atom. The van der Waals surface area contributed by atoms with Crippen LogP contribution in [0, 0.1) is 0 Å². The van der Waals surface area contributed by atoms with Crippen molar-refractivity contribution in [3.8, 4) is 11.5 Å². The highest BCUT2D eigenvalue weighted by Gasteiger charge is 2.47. The Balaban J connectivity index is 1.96. The van der Waals surface area contributed by atoms with Crippen LogP contribution in [-0.2, 0) is 9.59 Å². The zero-order valence-corrected chi connectivity index (χ0v) is 17.2. The maximum atomic E-state index is 13.1. The molecule has 2 heterocycles. The first-order valence-corrected chi connectivity index (χ1v) is 10.1. The van der Waals surface area contributed by atoms with Crippen molar-refractivity contribution in [3.63, 3.8) is 0 Å². The number of carbonyl (C=O) groups is 2. The van der Waals surface area contributed by atoms with Gasteiger partial charge in [-0.1, -0.05) is 24.3 Å². The van der Waals surface area contributed by atoms with Gasteiger partial charge in [0.05, 0.1) is 25.4 Å². The molecule has 1 unspecified atom stereocenters. The SMILES string of the molecule is COc1ccc(OC)c(/C(O)=C2/C(=O)C(=O)N(c3ccccc3)C2c2cccs2)c1. The highest BCUT2D eigenvalue weighted by molar-refractivity contribution is 7.10. The summed E-state index contributed by atoms with van der Waals surface area (Å²) in [6, 6.07) is 16.8. The molecule has 3 aromatic rings. The van der Waals surface area contributed by atoms with Gasteiger partial charge in [-0.3, -0.25) is 14.5 Å². The molecule has 1 aliphatic rings. The number of aliphatic hydroxyl groups excluding tert-OH is 1. The normalized spacial score (nSPS) is 17.9.